The first kappa shape index (κ1) is 13.1. The van der Waals surface area contributed by atoms with Crippen LogP contribution in [0.25, 0.3) is 0 Å². The Morgan fingerprint density at radius 3 is 2.69 bits per heavy atom. The van der Waals surface area contributed by atoms with Gasteiger partial charge in [0.2, 0.25) is 0 Å². The molecule has 1 aromatic heterocycles. The van der Waals surface area contributed by atoms with Gasteiger partial charge in [-0.25, -0.2) is 4.68 Å². The van der Waals surface area contributed by atoms with Crippen molar-refractivity contribution in [2.75, 3.05) is 13.6 Å². The van der Waals surface area contributed by atoms with Gasteiger partial charge in [-0.2, -0.15) is 0 Å². The zero-order valence-corrected chi connectivity index (χ0v) is 10.5. The molecule has 0 radical (unpaired) electrons. The number of nitrogens with zero attached hydrogens (tertiary/aromatic N) is 5. The summed E-state index contributed by atoms with van der Waals surface area (Å²) in [6.07, 6.45) is 1.01. The summed E-state index contributed by atoms with van der Waals surface area (Å²) in [4.78, 5) is 2.01. The average Bonchev–Trinajstić information content (AvgIpc) is 2.50. The van der Waals surface area contributed by atoms with Crippen LogP contribution in [0.4, 0.5) is 0 Å². The van der Waals surface area contributed by atoms with Crippen LogP contribution in [-0.4, -0.2) is 49.4 Å². The minimum atomic E-state index is -0.697. The Bertz CT molecular complexity index is 317. The maximum Gasteiger partial charge on any atom is 0.165 e. The molecule has 6 heteroatoms. The lowest BCUT2D eigenvalue weighted by Crippen LogP contribution is -2.36. The second kappa shape index (κ2) is 5.36. The van der Waals surface area contributed by atoms with Crippen molar-refractivity contribution in [3.63, 3.8) is 0 Å². The fourth-order valence-corrected chi connectivity index (χ4v) is 1.68. The summed E-state index contributed by atoms with van der Waals surface area (Å²) >= 11 is 0. The molecule has 0 amide bonds. The third-order valence-corrected chi connectivity index (χ3v) is 2.11. The molecule has 0 fully saturated rings. The fraction of sp³-hybridized carbons (Fsp3) is 0.900. The highest BCUT2D eigenvalue weighted by atomic mass is 16.3. The highest BCUT2D eigenvalue weighted by Gasteiger charge is 2.17. The van der Waals surface area contributed by atoms with E-state index < -0.39 is 5.60 Å². The molecular formula is C10H21N5O. The van der Waals surface area contributed by atoms with Crippen LogP contribution in [0.1, 0.15) is 33.0 Å². The SMILES string of the molecule is CCCn1nnnc1CN(C)CC(C)(C)O. The van der Waals surface area contributed by atoms with Crippen molar-refractivity contribution in [1.29, 1.82) is 0 Å². The van der Waals surface area contributed by atoms with E-state index in [1.165, 1.54) is 0 Å². The first-order chi connectivity index (χ1) is 7.42. The van der Waals surface area contributed by atoms with E-state index in [0.29, 0.717) is 13.1 Å². The Balaban J connectivity index is 2.55. The molecule has 1 N–H and O–H groups in total. The number of hydrogen-bond acceptors (Lipinski definition) is 5. The van der Waals surface area contributed by atoms with Crippen LogP contribution >= 0.6 is 0 Å². The van der Waals surface area contributed by atoms with E-state index in [4.69, 9.17) is 0 Å². The Morgan fingerprint density at radius 1 is 1.44 bits per heavy atom. The van der Waals surface area contributed by atoms with Crippen molar-refractivity contribution in [2.24, 2.45) is 0 Å². The molecule has 0 spiro atoms. The predicted octanol–water partition coefficient (Wildman–Crippen LogP) is 0.286. The third kappa shape index (κ3) is 4.24. The summed E-state index contributed by atoms with van der Waals surface area (Å²) in [5.74, 6) is 0.841. The van der Waals surface area contributed by atoms with E-state index >= 15 is 0 Å². The van der Waals surface area contributed by atoms with Gasteiger partial charge in [0, 0.05) is 13.1 Å². The van der Waals surface area contributed by atoms with Crippen LogP contribution in [0.3, 0.4) is 0 Å². The molecule has 0 unspecified atom stereocenters. The van der Waals surface area contributed by atoms with Crippen molar-refractivity contribution in [1.82, 2.24) is 25.1 Å². The van der Waals surface area contributed by atoms with Crippen molar-refractivity contribution in [3.05, 3.63) is 5.82 Å². The van der Waals surface area contributed by atoms with Crippen LogP contribution in [0.15, 0.2) is 0 Å². The van der Waals surface area contributed by atoms with Gasteiger partial charge in [-0.05, 0) is 37.7 Å². The van der Waals surface area contributed by atoms with Gasteiger partial charge in [-0.1, -0.05) is 6.92 Å². The van der Waals surface area contributed by atoms with E-state index in [1.54, 1.807) is 18.5 Å². The molecule has 0 atom stereocenters. The second-order valence-corrected chi connectivity index (χ2v) is 4.80. The van der Waals surface area contributed by atoms with Gasteiger partial charge in [-0.15, -0.1) is 5.10 Å². The quantitative estimate of drug-likeness (QED) is 0.756. The summed E-state index contributed by atoms with van der Waals surface area (Å²) in [5.41, 5.74) is -0.697. The minimum absolute atomic E-state index is 0.589. The molecule has 92 valence electrons. The number of tetrazole rings is 1. The summed E-state index contributed by atoms with van der Waals surface area (Å²) in [7, 11) is 1.95. The average molecular weight is 227 g/mol. The van der Waals surface area contributed by atoms with Crippen LogP contribution in [0.2, 0.25) is 0 Å². The molecule has 0 aliphatic carbocycles. The molecule has 0 aliphatic rings. The largest absolute Gasteiger partial charge is 0.389 e. The highest BCUT2D eigenvalue weighted by Crippen LogP contribution is 2.06. The zero-order chi connectivity index (χ0) is 12.2. The smallest absolute Gasteiger partial charge is 0.165 e. The summed E-state index contributed by atoms with van der Waals surface area (Å²) in [6.45, 7) is 7.74. The molecule has 0 aliphatic heterocycles. The summed E-state index contributed by atoms with van der Waals surface area (Å²) in [5, 5.41) is 21.3. The van der Waals surface area contributed by atoms with Gasteiger partial charge >= 0.3 is 0 Å². The van der Waals surface area contributed by atoms with Gasteiger partial charge in [0.15, 0.2) is 5.82 Å². The molecule has 0 saturated heterocycles. The molecule has 16 heavy (non-hydrogen) atoms. The summed E-state index contributed by atoms with van der Waals surface area (Å²) in [6, 6.07) is 0. The maximum atomic E-state index is 9.69. The van der Waals surface area contributed by atoms with E-state index in [9.17, 15) is 5.11 Å². The lowest BCUT2D eigenvalue weighted by atomic mass is 10.1. The van der Waals surface area contributed by atoms with Gasteiger partial charge in [0.05, 0.1) is 12.1 Å². The van der Waals surface area contributed by atoms with Crippen molar-refractivity contribution >= 4 is 0 Å². The van der Waals surface area contributed by atoms with Gasteiger partial charge in [0.25, 0.3) is 0 Å². The third-order valence-electron chi connectivity index (χ3n) is 2.11. The van der Waals surface area contributed by atoms with Gasteiger partial charge in [-0.3, -0.25) is 4.90 Å². The Labute approximate surface area is 96.3 Å². The highest BCUT2D eigenvalue weighted by molar-refractivity contribution is 4.82. The van der Waals surface area contributed by atoms with Crippen LogP contribution in [0.5, 0.6) is 0 Å². The number of likely N-dealkylation sites (N-methyl/N-ethyl adjacent to an activating group) is 1. The molecule has 6 nitrogen and oxygen atoms in total. The zero-order valence-electron chi connectivity index (χ0n) is 10.5. The molecular weight excluding hydrogens is 206 g/mol. The summed E-state index contributed by atoms with van der Waals surface area (Å²) < 4.78 is 1.81. The molecule has 1 aromatic rings. The van der Waals surface area contributed by atoms with Crippen LogP contribution in [-0.2, 0) is 13.1 Å². The van der Waals surface area contributed by atoms with E-state index in [1.807, 2.05) is 11.9 Å². The topological polar surface area (TPSA) is 67.1 Å². The van der Waals surface area contributed by atoms with Crippen LogP contribution < -0.4 is 0 Å². The normalized spacial score (nSPS) is 12.4. The maximum absolute atomic E-state index is 9.69. The first-order valence-corrected chi connectivity index (χ1v) is 5.58. The van der Waals surface area contributed by atoms with Gasteiger partial charge < -0.3 is 5.11 Å². The predicted molar refractivity (Wildman–Crippen MR) is 60.7 cm³/mol. The van der Waals surface area contributed by atoms with E-state index in [2.05, 4.69) is 22.4 Å². The number of aliphatic hydroxyl groups is 1. The molecule has 0 bridgehead atoms. The number of aryl methyl sites for hydroxylation is 1. The Morgan fingerprint density at radius 2 is 2.12 bits per heavy atom. The van der Waals surface area contributed by atoms with E-state index in [0.717, 1.165) is 18.8 Å². The number of aromatic nitrogens is 4. The Kier molecular flexibility index (Phi) is 4.37. The number of rotatable bonds is 6. The van der Waals surface area contributed by atoms with Gasteiger partial charge in [0.1, 0.15) is 0 Å². The molecule has 0 aromatic carbocycles. The second-order valence-electron chi connectivity index (χ2n) is 4.80. The molecule has 1 heterocycles. The molecule has 1 rings (SSSR count). The minimum Gasteiger partial charge on any atom is -0.389 e. The van der Waals surface area contributed by atoms with Crippen molar-refractivity contribution in [3.8, 4) is 0 Å². The fourth-order valence-electron chi connectivity index (χ4n) is 1.68. The lowest BCUT2D eigenvalue weighted by molar-refractivity contribution is 0.0414. The lowest BCUT2D eigenvalue weighted by Gasteiger charge is -2.24. The van der Waals surface area contributed by atoms with Crippen molar-refractivity contribution < 1.29 is 5.11 Å². The first-order valence-electron chi connectivity index (χ1n) is 5.58. The molecule has 0 saturated carbocycles. The number of hydrogen-bond donors (Lipinski definition) is 1. The Hall–Kier alpha value is -1.01. The standard InChI is InChI=1S/C10H21N5O/c1-5-6-15-9(11-12-13-15)7-14(4)8-10(2,3)16/h16H,5-8H2,1-4H3. The van der Waals surface area contributed by atoms with E-state index in [-0.39, 0.29) is 0 Å². The monoisotopic (exact) mass is 227 g/mol. The van der Waals surface area contributed by atoms with Crippen molar-refractivity contribution in [2.45, 2.75) is 45.9 Å². The van der Waals surface area contributed by atoms with Crippen LogP contribution in [0, 0.1) is 0 Å².